The molecule has 0 heteroatoms. The van der Waals surface area contributed by atoms with E-state index in [1.54, 1.807) is 5.57 Å². The van der Waals surface area contributed by atoms with Crippen molar-refractivity contribution in [1.29, 1.82) is 0 Å². The van der Waals surface area contributed by atoms with Gasteiger partial charge >= 0.3 is 0 Å². The van der Waals surface area contributed by atoms with Crippen molar-refractivity contribution in [3.8, 4) is 0 Å². The molecular formula is C16H32. The van der Waals surface area contributed by atoms with Crippen LogP contribution < -0.4 is 0 Å². The summed E-state index contributed by atoms with van der Waals surface area (Å²) in [5.41, 5.74) is 1.56. The molecule has 0 fully saturated rings. The average molecular weight is 224 g/mol. The summed E-state index contributed by atoms with van der Waals surface area (Å²) in [6, 6.07) is 0. The molecule has 0 saturated heterocycles. The van der Waals surface area contributed by atoms with Gasteiger partial charge in [-0.15, -0.1) is 0 Å². The molecule has 0 saturated carbocycles. The van der Waals surface area contributed by atoms with E-state index < -0.39 is 0 Å². The Balaban J connectivity index is 3.04. The van der Waals surface area contributed by atoms with Crippen molar-refractivity contribution >= 4 is 0 Å². The fourth-order valence-corrected chi connectivity index (χ4v) is 1.95. The molecule has 0 N–H and O–H groups in total. The third-order valence-electron chi connectivity index (χ3n) is 3.36. The van der Waals surface area contributed by atoms with Crippen LogP contribution in [0.15, 0.2) is 11.6 Å². The van der Waals surface area contributed by atoms with Crippen LogP contribution in [0.4, 0.5) is 0 Å². The van der Waals surface area contributed by atoms with Gasteiger partial charge in [0.15, 0.2) is 0 Å². The number of unbranched alkanes of at least 4 members (excludes halogenated alkanes) is 9. The minimum atomic E-state index is 1.22. The van der Waals surface area contributed by atoms with E-state index in [-0.39, 0.29) is 0 Å². The van der Waals surface area contributed by atoms with Gasteiger partial charge in [-0.25, -0.2) is 0 Å². The normalized spacial score (nSPS) is 12.1. The van der Waals surface area contributed by atoms with Gasteiger partial charge in [-0.3, -0.25) is 0 Å². The first-order chi connectivity index (χ1) is 7.81. The average Bonchev–Trinajstić information content (AvgIpc) is 2.31. The highest BCUT2D eigenvalue weighted by Gasteiger charge is 1.91. The Bertz CT molecular complexity index is 155. The van der Waals surface area contributed by atoms with E-state index in [9.17, 15) is 0 Å². The quantitative estimate of drug-likeness (QED) is 0.287. The summed E-state index contributed by atoms with van der Waals surface area (Å²) in [7, 11) is 0. The molecule has 0 bridgehead atoms. The second-order valence-corrected chi connectivity index (χ2v) is 5.02. The van der Waals surface area contributed by atoms with Gasteiger partial charge in [-0.2, -0.15) is 0 Å². The Labute approximate surface area is 104 Å². The van der Waals surface area contributed by atoms with Crippen LogP contribution in [-0.4, -0.2) is 0 Å². The highest BCUT2D eigenvalue weighted by atomic mass is 14.0. The van der Waals surface area contributed by atoms with Crippen molar-refractivity contribution in [2.75, 3.05) is 0 Å². The van der Waals surface area contributed by atoms with E-state index in [0.29, 0.717) is 0 Å². The van der Waals surface area contributed by atoms with E-state index in [1.165, 1.54) is 70.6 Å². The first kappa shape index (κ1) is 15.7. The zero-order chi connectivity index (χ0) is 12.1. The molecule has 0 aliphatic rings. The SMILES string of the molecule is CCCCCCCCCCC/C=C(/C)CC. The van der Waals surface area contributed by atoms with E-state index in [2.05, 4.69) is 26.8 Å². The molecule has 0 radical (unpaired) electrons. The van der Waals surface area contributed by atoms with E-state index >= 15 is 0 Å². The lowest BCUT2D eigenvalue weighted by atomic mass is 10.1. The maximum Gasteiger partial charge on any atom is -0.0348 e. The van der Waals surface area contributed by atoms with Crippen LogP contribution in [0.3, 0.4) is 0 Å². The third kappa shape index (κ3) is 11.8. The maximum absolute atomic E-state index is 2.42. The second kappa shape index (κ2) is 12.8. The van der Waals surface area contributed by atoms with E-state index in [1.807, 2.05) is 0 Å². The van der Waals surface area contributed by atoms with Gasteiger partial charge in [-0.05, 0) is 26.2 Å². The van der Waals surface area contributed by atoms with Crippen LogP contribution in [0.1, 0.15) is 91.4 Å². The summed E-state index contributed by atoms with van der Waals surface area (Å²) in [4.78, 5) is 0. The molecule has 0 nitrogen and oxygen atoms in total. The Morgan fingerprint density at radius 1 is 0.750 bits per heavy atom. The molecule has 0 rings (SSSR count). The molecule has 0 aliphatic heterocycles. The number of hydrogen-bond acceptors (Lipinski definition) is 0. The topological polar surface area (TPSA) is 0 Å². The standard InChI is InChI=1S/C16H32/c1-4-6-7-8-9-10-11-12-13-14-15-16(3)5-2/h15H,4-14H2,1-3H3/b16-15-. The van der Waals surface area contributed by atoms with Gasteiger partial charge < -0.3 is 0 Å². The predicted molar refractivity (Wildman–Crippen MR) is 75.9 cm³/mol. The van der Waals surface area contributed by atoms with Crippen molar-refractivity contribution in [2.24, 2.45) is 0 Å². The third-order valence-corrected chi connectivity index (χ3v) is 3.36. The first-order valence-corrected chi connectivity index (χ1v) is 7.46. The molecule has 0 spiro atoms. The Morgan fingerprint density at radius 2 is 1.25 bits per heavy atom. The highest BCUT2D eigenvalue weighted by Crippen LogP contribution is 2.11. The van der Waals surface area contributed by atoms with Crippen molar-refractivity contribution in [1.82, 2.24) is 0 Å². The summed E-state index contributed by atoms with van der Waals surface area (Å²) in [5.74, 6) is 0. The summed E-state index contributed by atoms with van der Waals surface area (Å²) in [6.45, 7) is 6.77. The van der Waals surface area contributed by atoms with Crippen molar-refractivity contribution in [3.05, 3.63) is 11.6 Å². The minimum absolute atomic E-state index is 1.22. The number of allylic oxidation sites excluding steroid dienone is 2. The van der Waals surface area contributed by atoms with Gasteiger partial charge in [0.25, 0.3) is 0 Å². The lowest BCUT2D eigenvalue weighted by molar-refractivity contribution is 0.566. The predicted octanol–water partition coefficient (Wildman–Crippen LogP) is 6.26. The Hall–Kier alpha value is -0.260. The van der Waals surface area contributed by atoms with E-state index in [0.717, 1.165) is 0 Å². The minimum Gasteiger partial charge on any atom is -0.0856 e. The van der Waals surface area contributed by atoms with Gasteiger partial charge in [0, 0.05) is 0 Å². The monoisotopic (exact) mass is 224 g/mol. The molecule has 0 amide bonds. The van der Waals surface area contributed by atoms with Crippen LogP contribution in [-0.2, 0) is 0 Å². The van der Waals surface area contributed by atoms with Crippen molar-refractivity contribution < 1.29 is 0 Å². The number of hydrogen-bond donors (Lipinski definition) is 0. The van der Waals surface area contributed by atoms with Gasteiger partial charge in [0.1, 0.15) is 0 Å². The molecule has 0 aliphatic carbocycles. The smallest absolute Gasteiger partial charge is 0.0348 e. The molecular weight excluding hydrogens is 192 g/mol. The van der Waals surface area contributed by atoms with Crippen LogP contribution >= 0.6 is 0 Å². The van der Waals surface area contributed by atoms with Gasteiger partial charge in [-0.1, -0.05) is 76.9 Å². The van der Waals surface area contributed by atoms with Crippen molar-refractivity contribution in [2.45, 2.75) is 91.4 Å². The lowest BCUT2D eigenvalue weighted by Gasteiger charge is -2.01. The largest absolute Gasteiger partial charge is 0.0856 e. The Kier molecular flexibility index (Phi) is 12.6. The van der Waals surface area contributed by atoms with Gasteiger partial charge in [0.2, 0.25) is 0 Å². The second-order valence-electron chi connectivity index (χ2n) is 5.02. The summed E-state index contributed by atoms with van der Waals surface area (Å²) < 4.78 is 0. The zero-order valence-electron chi connectivity index (χ0n) is 11.9. The molecule has 0 atom stereocenters. The summed E-state index contributed by atoms with van der Waals surface area (Å²) in [5, 5.41) is 0. The Morgan fingerprint density at radius 3 is 1.75 bits per heavy atom. The molecule has 0 aromatic heterocycles. The van der Waals surface area contributed by atoms with Crippen LogP contribution in [0.5, 0.6) is 0 Å². The summed E-state index contributed by atoms with van der Waals surface area (Å²) >= 11 is 0. The maximum atomic E-state index is 2.42. The molecule has 0 aromatic carbocycles. The van der Waals surface area contributed by atoms with Crippen LogP contribution in [0.2, 0.25) is 0 Å². The fourth-order valence-electron chi connectivity index (χ4n) is 1.95. The van der Waals surface area contributed by atoms with Gasteiger partial charge in [0.05, 0.1) is 0 Å². The fraction of sp³-hybridized carbons (Fsp3) is 0.875. The molecule has 0 heterocycles. The summed E-state index contributed by atoms with van der Waals surface area (Å²) in [6.07, 6.45) is 17.8. The number of rotatable bonds is 11. The molecule has 96 valence electrons. The van der Waals surface area contributed by atoms with E-state index in [4.69, 9.17) is 0 Å². The first-order valence-electron chi connectivity index (χ1n) is 7.46. The van der Waals surface area contributed by atoms with Crippen LogP contribution in [0.25, 0.3) is 0 Å². The van der Waals surface area contributed by atoms with Crippen molar-refractivity contribution in [3.63, 3.8) is 0 Å². The molecule has 16 heavy (non-hydrogen) atoms. The lowest BCUT2D eigenvalue weighted by Crippen LogP contribution is -1.81. The molecule has 0 aromatic rings. The van der Waals surface area contributed by atoms with Crippen LogP contribution in [0, 0.1) is 0 Å². The zero-order valence-corrected chi connectivity index (χ0v) is 11.9. The highest BCUT2D eigenvalue weighted by molar-refractivity contribution is 4.96. The molecule has 0 unspecified atom stereocenters.